The van der Waals surface area contributed by atoms with Gasteiger partial charge in [0, 0.05) is 0 Å². The van der Waals surface area contributed by atoms with Gasteiger partial charge in [0.1, 0.15) is 18.8 Å². The average molecular weight is 228 g/mol. The van der Waals surface area contributed by atoms with Crippen LogP contribution in [-0.4, -0.2) is 31.1 Å². The van der Waals surface area contributed by atoms with E-state index < -0.39 is 5.97 Å². The normalized spacial score (nSPS) is 17.1. The van der Waals surface area contributed by atoms with E-state index in [4.69, 9.17) is 9.47 Å². The van der Waals surface area contributed by atoms with Gasteiger partial charge in [0.25, 0.3) is 0 Å². The molecule has 0 N–H and O–H groups in total. The summed E-state index contributed by atoms with van der Waals surface area (Å²) in [5.74, 6) is -0.627. The van der Waals surface area contributed by atoms with Crippen LogP contribution in [0.25, 0.3) is 0 Å². The Balaban J connectivity index is 1.98. The molecule has 1 aliphatic rings. The maximum Gasteiger partial charge on any atom is 0.313 e. The van der Waals surface area contributed by atoms with Crippen LogP contribution < -0.4 is 0 Å². The molecule has 1 fully saturated rings. The van der Waals surface area contributed by atoms with Gasteiger partial charge in [0.15, 0.2) is 0 Å². The standard InChI is InChI=1S/C12H20O4/c1-10(13)9-12(14)16-8-7-15-11-5-3-2-4-6-11/h11H,2-9H2,1H3. The van der Waals surface area contributed by atoms with Crippen LogP contribution in [0.5, 0.6) is 0 Å². The van der Waals surface area contributed by atoms with Crippen molar-refractivity contribution in [3.8, 4) is 0 Å². The minimum Gasteiger partial charge on any atom is -0.463 e. The molecular weight excluding hydrogens is 208 g/mol. The predicted molar refractivity (Wildman–Crippen MR) is 59.1 cm³/mol. The van der Waals surface area contributed by atoms with Gasteiger partial charge in [0.05, 0.1) is 12.7 Å². The third-order valence-corrected chi connectivity index (χ3v) is 2.65. The van der Waals surface area contributed by atoms with E-state index in [2.05, 4.69) is 0 Å². The molecule has 0 radical (unpaired) electrons. The molecule has 0 unspecified atom stereocenters. The highest BCUT2D eigenvalue weighted by Gasteiger charge is 2.13. The highest BCUT2D eigenvalue weighted by molar-refractivity contribution is 5.94. The molecule has 0 spiro atoms. The van der Waals surface area contributed by atoms with Crippen molar-refractivity contribution >= 4 is 11.8 Å². The first kappa shape index (κ1) is 13.2. The summed E-state index contributed by atoms with van der Waals surface area (Å²) in [7, 11) is 0. The molecule has 1 saturated carbocycles. The van der Waals surface area contributed by atoms with Crippen molar-refractivity contribution in [3.63, 3.8) is 0 Å². The number of ether oxygens (including phenoxy) is 2. The molecule has 92 valence electrons. The second-order valence-corrected chi connectivity index (χ2v) is 4.23. The molecule has 0 bridgehead atoms. The quantitative estimate of drug-likeness (QED) is 0.395. The van der Waals surface area contributed by atoms with Crippen molar-refractivity contribution in [3.05, 3.63) is 0 Å². The number of esters is 1. The number of hydrogen-bond donors (Lipinski definition) is 0. The summed E-state index contributed by atoms with van der Waals surface area (Å²) in [4.78, 5) is 21.6. The van der Waals surface area contributed by atoms with Crippen molar-refractivity contribution < 1.29 is 19.1 Å². The zero-order chi connectivity index (χ0) is 11.8. The fraction of sp³-hybridized carbons (Fsp3) is 0.833. The Morgan fingerprint density at radius 3 is 2.44 bits per heavy atom. The van der Waals surface area contributed by atoms with Crippen molar-refractivity contribution in [2.45, 2.75) is 51.6 Å². The number of rotatable bonds is 6. The maximum atomic E-state index is 11.0. The van der Waals surface area contributed by atoms with Gasteiger partial charge in [0.2, 0.25) is 0 Å². The second-order valence-electron chi connectivity index (χ2n) is 4.23. The van der Waals surface area contributed by atoms with Gasteiger partial charge >= 0.3 is 5.97 Å². The number of carbonyl (C=O) groups excluding carboxylic acids is 2. The first-order valence-electron chi connectivity index (χ1n) is 5.95. The van der Waals surface area contributed by atoms with Crippen LogP contribution in [0.4, 0.5) is 0 Å². The van der Waals surface area contributed by atoms with Gasteiger partial charge in [-0.2, -0.15) is 0 Å². The van der Waals surface area contributed by atoms with Crippen LogP contribution >= 0.6 is 0 Å². The van der Waals surface area contributed by atoms with Crippen LogP contribution in [0.3, 0.4) is 0 Å². The smallest absolute Gasteiger partial charge is 0.313 e. The summed E-state index contributed by atoms with van der Waals surface area (Å²) in [6.45, 7) is 2.07. The first-order valence-corrected chi connectivity index (χ1v) is 5.95. The molecule has 1 aliphatic carbocycles. The fourth-order valence-corrected chi connectivity index (χ4v) is 1.86. The highest BCUT2D eigenvalue weighted by atomic mass is 16.6. The zero-order valence-electron chi connectivity index (χ0n) is 9.87. The lowest BCUT2D eigenvalue weighted by Crippen LogP contribution is -2.20. The second kappa shape index (κ2) is 7.39. The van der Waals surface area contributed by atoms with Gasteiger partial charge in [-0.1, -0.05) is 19.3 Å². The Hall–Kier alpha value is -0.900. The van der Waals surface area contributed by atoms with Crippen LogP contribution in [0.2, 0.25) is 0 Å². The number of carbonyl (C=O) groups is 2. The summed E-state index contributed by atoms with van der Waals surface area (Å²) in [6, 6.07) is 0. The van der Waals surface area contributed by atoms with Crippen molar-refractivity contribution in [1.82, 2.24) is 0 Å². The molecule has 0 atom stereocenters. The highest BCUT2D eigenvalue weighted by Crippen LogP contribution is 2.19. The van der Waals surface area contributed by atoms with Crippen LogP contribution in [-0.2, 0) is 19.1 Å². The SMILES string of the molecule is CC(=O)CC(=O)OCCOC1CCCCC1. The van der Waals surface area contributed by atoms with Crippen molar-refractivity contribution in [1.29, 1.82) is 0 Å². The molecule has 0 aliphatic heterocycles. The maximum absolute atomic E-state index is 11.0. The van der Waals surface area contributed by atoms with Gasteiger partial charge in [-0.25, -0.2) is 0 Å². The summed E-state index contributed by atoms with van der Waals surface area (Å²) in [6.07, 6.45) is 6.18. The molecule has 0 aromatic carbocycles. The van der Waals surface area contributed by atoms with Gasteiger partial charge in [-0.15, -0.1) is 0 Å². The summed E-state index contributed by atoms with van der Waals surface area (Å²) in [5.41, 5.74) is 0. The molecule has 0 aromatic heterocycles. The van der Waals surface area contributed by atoms with Gasteiger partial charge in [-0.05, 0) is 19.8 Å². The topological polar surface area (TPSA) is 52.6 Å². The molecule has 0 saturated heterocycles. The van der Waals surface area contributed by atoms with Crippen LogP contribution in [0.15, 0.2) is 0 Å². The molecule has 0 heterocycles. The predicted octanol–water partition coefficient (Wildman–Crippen LogP) is 1.86. The van der Waals surface area contributed by atoms with E-state index >= 15 is 0 Å². The molecule has 16 heavy (non-hydrogen) atoms. The average Bonchev–Trinajstić information content (AvgIpc) is 2.25. The first-order chi connectivity index (χ1) is 7.68. The minimum absolute atomic E-state index is 0.135. The Morgan fingerprint density at radius 2 is 1.81 bits per heavy atom. The van der Waals surface area contributed by atoms with E-state index in [0.717, 1.165) is 12.8 Å². The number of ketones is 1. The number of hydrogen-bond acceptors (Lipinski definition) is 4. The largest absolute Gasteiger partial charge is 0.463 e. The third-order valence-electron chi connectivity index (χ3n) is 2.65. The van der Waals surface area contributed by atoms with Crippen LogP contribution in [0.1, 0.15) is 45.4 Å². The zero-order valence-corrected chi connectivity index (χ0v) is 9.87. The van der Waals surface area contributed by atoms with E-state index in [1.165, 1.54) is 26.2 Å². The summed E-state index contributed by atoms with van der Waals surface area (Å²) < 4.78 is 10.4. The van der Waals surface area contributed by atoms with Crippen LogP contribution in [0, 0.1) is 0 Å². The molecule has 1 rings (SSSR count). The van der Waals surface area contributed by atoms with Crippen molar-refractivity contribution in [2.75, 3.05) is 13.2 Å². The molecular formula is C12H20O4. The lowest BCUT2D eigenvalue weighted by atomic mass is 9.98. The van der Waals surface area contributed by atoms with E-state index in [0.29, 0.717) is 12.7 Å². The van der Waals surface area contributed by atoms with E-state index in [1.54, 1.807) is 0 Å². The third kappa shape index (κ3) is 5.85. The Bertz CT molecular complexity index is 231. The van der Waals surface area contributed by atoms with Crippen molar-refractivity contribution in [2.24, 2.45) is 0 Å². The summed E-state index contributed by atoms with van der Waals surface area (Å²) >= 11 is 0. The minimum atomic E-state index is -0.459. The molecule has 4 heteroatoms. The number of Topliss-reactive ketones (excluding diaryl/α,β-unsaturated/α-hetero) is 1. The molecule has 0 amide bonds. The van der Waals surface area contributed by atoms with Gasteiger partial charge in [-0.3, -0.25) is 9.59 Å². The van der Waals surface area contributed by atoms with E-state index in [-0.39, 0.29) is 18.8 Å². The lowest BCUT2D eigenvalue weighted by molar-refractivity contribution is -0.147. The van der Waals surface area contributed by atoms with E-state index in [9.17, 15) is 9.59 Å². The monoisotopic (exact) mass is 228 g/mol. The fourth-order valence-electron chi connectivity index (χ4n) is 1.86. The Morgan fingerprint density at radius 1 is 1.12 bits per heavy atom. The summed E-state index contributed by atoms with van der Waals surface area (Å²) in [5, 5.41) is 0. The lowest BCUT2D eigenvalue weighted by Gasteiger charge is -2.21. The van der Waals surface area contributed by atoms with Gasteiger partial charge < -0.3 is 9.47 Å². The Kier molecular flexibility index (Phi) is 6.08. The Labute approximate surface area is 96.3 Å². The molecule has 4 nitrogen and oxygen atoms in total. The van der Waals surface area contributed by atoms with E-state index in [1.807, 2.05) is 0 Å². The molecule has 0 aromatic rings.